The van der Waals surface area contributed by atoms with E-state index in [1.165, 1.54) is 0 Å². The summed E-state index contributed by atoms with van der Waals surface area (Å²) in [4.78, 5) is 52.2. The summed E-state index contributed by atoms with van der Waals surface area (Å²) in [5, 5.41) is 4.60. The first-order valence-electron chi connectivity index (χ1n) is 9.50. The van der Waals surface area contributed by atoms with E-state index in [4.69, 9.17) is 9.47 Å². The van der Waals surface area contributed by atoms with Crippen LogP contribution < -0.4 is 10.6 Å². The number of rotatable bonds is 7. The summed E-state index contributed by atoms with van der Waals surface area (Å²) in [5.74, 6) is -2.20. The molecule has 1 aromatic carbocycles. The molecule has 0 saturated heterocycles. The average Bonchev–Trinajstić information content (AvgIpc) is 3.01. The maximum Gasteiger partial charge on any atom is 0.356 e. The van der Waals surface area contributed by atoms with Crippen molar-refractivity contribution in [1.29, 1.82) is 0 Å². The molecule has 0 aliphatic rings. The van der Waals surface area contributed by atoms with Gasteiger partial charge in [0.2, 0.25) is 6.10 Å². The SMILES string of the molecule is CCNC(=O)NC(=O)[C@H](OC(=O)c1[nH]c(C)c(C(=O)OCC)c1C)c1ccccc1. The highest BCUT2D eigenvalue weighted by Gasteiger charge is 2.30. The van der Waals surface area contributed by atoms with Crippen molar-refractivity contribution in [2.24, 2.45) is 0 Å². The van der Waals surface area contributed by atoms with Gasteiger partial charge in [0.15, 0.2) is 0 Å². The number of carbonyl (C=O) groups is 4. The molecule has 3 amide bonds. The highest BCUT2D eigenvalue weighted by Crippen LogP contribution is 2.24. The van der Waals surface area contributed by atoms with Gasteiger partial charge in [-0.2, -0.15) is 0 Å². The number of ether oxygens (including phenoxy) is 2. The number of carbonyl (C=O) groups excluding carboxylic acids is 4. The third kappa shape index (κ3) is 5.25. The van der Waals surface area contributed by atoms with E-state index in [2.05, 4.69) is 15.6 Å². The molecule has 0 saturated carbocycles. The van der Waals surface area contributed by atoms with E-state index in [0.717, 1.165) is 0 Å². The molecule has 0 aliphatic carbocycles. The van der Waals surface area contributed by atoms with Crippen LogP contribution in [0.5, 0.6) is 0 Å². The number of benzene rings is 1. The number of aromatic nitrogens is 1. The van der Waals surface area contributed by atoms with Crippen LogP contribution >= 0.6 is 0 Å². The van der Waals surface area contributed by atoms with Crippen molar-refractivity contribution in [2.45, 2.75) is 33.8 Å². The first-order valence-corrected chi connectivity index (χ1v) is 9.50. The Balaban J connectivity index is 2.31. The van der Waals surface area contributed by atoms with Crippen LogP contribution in [0.15, 0.2) is 30.3 Å². The van der Waals surface area contributed by atoms with Gasteiger partial charge in [0.1, 0.15) is 5.69 Å². The quantitative estimate of drug-likeness (QED) is 0.597. The van der Waals surface area contributed by atoms with Crippen molar-refractivity contribution in [3.05, 3.63) is 58.4 Å². The fourth-order valence-corrected chi connectivity index (χ4v) is 2.91. The number of imide groups is 1. The number of aryl methyl sites for hydroxylation is 1. The summed E-state index contributed by atoms with van der Waals surface area (Å²) >= 11 is 0. The van der Waals surface area contributed by atoms with Gasteiger partial charge in [0, 0.05) is 17.8 Å². The van der Waals surface area contributed by atoms with Gasteiger partial charge in [0.05, 0.1) is 12.2 Å². The second-order valence-corrected chi connectivity index (χ2v) is 6.39. The molecule has 9 nitrogen and oxygen atoms in total. The van der Waals surface area contributed by atoms with E-state index >= 15 is 0 Å². The molecule has 160 valence electrons. The normalized spacial score (nSPS) is 11.3. The van der Waals surface area contributed by atoms with Crippen LogP contribution in [0.4, 0.5) is 4.79 Å². The highest BCUT2D eigenvalue weighted by molar-refractivity contribution is 6.01. The molecule has 9 heteroatoms. The van der Waals surface area contributed by atoms with E-state index in [9.17, 15) is 19.2 Å². The lowest BCUT2D eigenvalue weighted by molar-refractivity contribution is -0.129. The molecular formula is C21H25N3O6. The number of esters is 2. The van der Waals surface area contributed by atoms with Crippen molar-refractivity contribution in [3.63, 3.8) is 0 Å². The van der Waals surface area contributed by atoms with E-state index < -0.39 is 30.0 Å². The third-order valence-corrected chi connectivity index (χ3v) is 4.26. The van der Waals surface area contributed by atoms with Crippen LogP contribution in [0, 0.1) is 13.8 Å². The fraction of sp³-hybridized carbons (Fsp3) is 0.333. The number of aromatic amines is 1. The molecule has 3 N–H and O–H groups in total. The largest absolute Gasteiger partial charge is 0.462 e. The molecule has 1 atom stereocenters. The summed E-state index contributed by atoms with van der Waals surface area (Å²) < 4.78 is 10.5. The first-order chi connectivity index (χ1) is 14.3. The van der Waals surface area contributed by atoms with E-state index in [1.54, 1.807) is 58.0 Å². The average molecular weight is 415 g/mol. The Labute approximate surface area is 174 Å². The van der Waals surface area contributed by atoms with E-state index in [1.807, 2.05) is 0 Å². The number of H-pyrrole nitrogens is 1. The van der Waals surface area contributed by atoms with Gasteiger partial charge >= 0.3 is 18.0 Å². The van der Waals surface area contributed by atoms with Crippen LogP contribution in [0.2, 0.25) is 0 Å². The van der Waals surface area contributed by atoms with Crippen LogP contribution in [0.3, 0.4) is 0 Å². The number of nitrogens with one attached hydrogen (secondary N) is 3. The van der Waals surface area contributed by atoms with E-state index in [0.29, 0.717) is 23.4 Å². The fourth-order valence-electron chi connectivity index (χ4n) is 2.91. The number of hydrogen-bond donors (Lipinski definition) is 3. The van der Waals surface area contributed by atoms with Gasteiger partial charge in [-0.3, -0.25) is 10.1 Å². The number of hydrogen-bond acceptors (Lipinski definition) is 6. The molecule has 30 heavy (non-hydrogen) atoms. The van der Waals surface area contributed by atoms with Crippen molar-refractivity contribution in [1.82, 2.24) is 15.6 Å². The minimum atomic E-state index is -1.37. The standard InChI is InChI=1S/C21H25N3O6/c1-5-22-21(28)24-18(25)17(14-10-8-7-9-11-14)30-20(27)16-12(3)15(13(4)23-16)19(26)29-6-2/h7-11,17,23H,5-6H2,1-4H3,(H2,22,24,25,28)/t17-/m1/s1. The first kappa shape index (κ1) is 22.7. The molecule has 0 aliphatic heterocycles. The van der Waals surface area contributed by atoms with Crippen LogP contribution in [-0.4, -0.2) is 42.0 Å². The Kier molecular flexibility index (Phi) is 7.74. The zero-order valence-corrected chi connectivity index (χ0v) is 17.3. The predicted molar refractivity (Wildman–Crippen MR) is 108 cm³/mol. The molecule has 0 unspecified atom stereocenters. The van der Waals surface area contributed by atoms with Gasteiger partial charge in [-0.25, -0.2) is 14.4 Å². The minimum Gasteiger partial charge on any atom is -0.462 e. The molecular weight excluding hydrogens is 390 g/mol. The van der Waals surface area contributed by atoms with Crippen molar-refractivity contribution in [3.8, 4) is 0 Å². The van der Waals surface area contributed by atoms with Crippen LogP contribution in [-0.2, 0) is 14.3 Å². The zero-order chi connectivity index (χ0) is 22.3. The van der Waals surface area contributed by atoms with Crippen LogP contribution in [0.25, 0.3) is 0 Å². The maximum atomic E-state index is 12.8. The Morgan fingerprint density at radius 3 is 2.30 bits per heavy atom. The Morgan fingerprint density at radius 1 is 1.03 bits per heavy atom. The third-order valence-electron chi connectivity index (χ3n) is 4.26. The molecule has 0 bridgehead atoms. The molecule has 2 aromatic rings. The predicted octanol–water partition coefficient (Wildman–Crippen LogP) is 2.55. The van der Waals surface area contributed by atoms with E-state index in [-0.39, 0.29) is 17.9 Å². The lowest BCUT2D eigenvalue weighted by atomic mass is 10.1. The topological polar surface area (TPSA) is 127 Å². The Morgan fingerprint density at radius 2 is 1.70 bits per heavy atom. The summed E-state index contributed by atoms with van der Waals surface area (Å²) in [6.45, 7) is 7.12. The molecule has 1 aromatic heterocycles. The zero-order valence-electron chi connectivity index (χ0n) is 17.3. The van der Waals surface area contributed by atoms with Gasteiger partial charge in [-0.05, 0) is 33.3 Å². The second kappa shape index (κ2) is 10.2. The summed E-state index contributed by atoms with van der Waals surface area (Å²) in [7, 11) is 0. The van der Waals surface area contributed by atoms with Crippen LogP contribution in [0.1, 0.15) is 57.6 Å². The molecule has 0 fully saturated rings. The number of amides is 3. The lowest BCUT2D eigenvalue weighted by Gasteiger charge is -2.17. The Hall–Kier alpha value is -3.62. The monoisotopic (exact) mass is 415 g/mol. The summed E-state index contributed by atoms with van der Waals surface area (Å²) in [5.41, 5.74) is 1.46. The molecule has 0 radical (unpaired) electrons. The smallest absolute Gasteiger partial charge is 0.356 e. The molecule has 2 rings (SSSR count). The van der Waals surface area contributed by atoms with Gasteiger partial charge in [-0.1, -0.05) is 30.3 Å². The maximum absolute atomic E-state index is 12.8. The highest BCUT2D eigenvalue weighted by atomic mass is 16.5. The molecule has 1 heterocycles. The minimum absolute atomic E-state index is 0.0299. The van der Waals surface area contributed by atoms with Crippen molar-refractivity contribution < 1.29 is 28.7 Å². The van der Waals surface area contributed by atoms with Crippen molar-refractivity contribution in [2.75, 3.05) is 13.2 Å². The van der Waals surface area contributed by atoms with Gasteiger partial charge in [-0.15, -0.1) is 0 Å². The van der Waals surface area contributed by atoms with Gasteiger partial charge in [0.25, 0.3) is 5.91 Å². The summed E-state index contributed by atoms with van der Waals surface area (Å²) in [6, 6.07) is 7.61. The second-order valence-electron chi connectivity index (χ2n) is 6.39. The van der Waals surface area contributed by atoms with Crippen molar-refractivity contribution >= 4 is 23.9 Å². The Bertz CT molecular complexity index is 936. The lowest BCUT2D eigenvalue weighted by Crippen LogP contribution is -2.42. The summed E-state index contributed by atoms with van der Waals surface area (Å²) in [6.07, 6.45) is -1.37. The number of urea groups is 1. The molecule has 0 spiro atoms. The van der Waals surface area contributed by atoms with Gasteiger partial charge < -0.3 is 19.8 Å².